The number of nitrogens with zero attached hydrogens (tertiary/aromatic N) is 2. The van der Waals surface area contributed by atoms with Crippen molar-refractivity contribution in [1.29, 1.82) is 0 Å². The molecule has 0 aliphatic heterocycles. The van der Waals surface area contributed by atoms with Gasteiger partial charge in [0.25, 0.3) is 5.56 Å². The quantitative estimate of drug-likeness (QED) is 0.814. The molecule has 2 rings (SSSR count). The van der Waals surface area contributed by atoms with E-state index in [2.05, 4.69) is 0 Å². The van der Waals surface area contributed by atoms with Crippen LogP contribution in [0.2, 0.25) is 0 Å². The van der Waals surface area contributed by atoms with Gasteiger partial charge in [-0.3, -0.25) is 9.36 Å². The lowest BCUT2D eigenvalue weighted by Crippen LogP contribution is -2.38. The van der Waals surface area contributed by atoms with E-state index in [1.54, 1.807) is 19.2 Å². The van der Waals surface area contributed by atoms with Crippen LogP contribution in [-0.4, -0.2) is 14.1 Å². The third-order valence-corrected chi connectivity index (χ3v) is 3.07. The standard InChI is InChI=1S/C13H13N3O2S/c1-15-7-6-11(17)16(13(15)18)8-9-4-2-3-5-10(9)12(14)19/h2-7H,8H2,1H3,(H2,14,19). The second-order valence-corrected chi connectivity index (χ2v) is 4.59. The van der Waals surface area contributed by atoms with E-state index in [-0.39, 0.29) is 22.8 Å². The Morgan fingerprint density at radius 2 is 1.95 bits per heavy atom. The highest BCUT2D eigenvalue weighted by atomic mass is 32.1. The Morgan fingerprint density at radius 1 is 1.26 bits per heavy atom. The fourth-order valence-electron chi connectivity index (χ4n) is 1.83. The topological polar surface area (TPSA) is 70.0 Å². The molecule has 0 amide bonds. The molecule has 2 N–H and O–H groups in total. The van der Waals surface area contributed by atoms with E-state index in [0.717, 1.165) is 10.1 Å². The third kappa shape index (κ3) is 2.63. The fraction of sp³-hybridized carbons (Fsp3) is 0.154. The van der Waals surface area contributed by atoms with Gasteiger partial charge in [-0.25, -0.2) is 4.79 Å². The van der Waals surface area contributed by atoms with Gasteiger partial charge >= 0.3 is 5.69 Å². The summed E-state index contributed by atoms with van der Waals surface area (Å²) < 4.78 is 2.50. The maximum Gasteiger partial charge on any atom is 0.331 e. The number of aromatic nitrogens is 2. The molecule has 1 aromatic heterocycles. The SMILES string of the molecule is Cn1ccc(=O)n(Cc2ccccc2C(N)=S)c1=O. The van der Waals surface area contributed by atoms with E-state index in [4.69, 9.17) is 18.0 Å². The van der Waals surface area contributed by atoms with Gasteiger partial charge in [0.2, 0.25) is 0 Å². The highest BCUT2D eigenvalue weighted by Crippen LogP contribution is 2.09. The molecule has 1 aromatic carbocycles. The summed E-state index contributed by atoms with van der Waals surface area (Å²) in [7, 11) is 1.59. The molecule has 0 bridgehead atoms. The highest BCUT2D eigenvalue weighted by molar-refractivity contribution is 7.80. The molecule has 0 aliphatic carbocycles. The molecule has 0 fully saturated rings. The first-order valence-corrected chi connectivity index (χ1v) is 6.05. The Bertz CT molecular complexity index is 746. The molecule has 5 nitrogen and oxygen atoms in total. The van der Waals surface area contributed by atoms with Crippen molar-refractivity contribution in [2.24, 2.45) is 12.8 Å². The monoisotopic (exact) mass is 275 g/mol. The summed E-state index contributed by atoms with van der Waals surface area (Å²) >= 11 is 4.96. The summed E-state index contributed by atoms with van der Waals surface area (Å²) in [5.41, 5.74) is 6.34. The normalized spacial score (nSPS) is 10.4. The average Bonchev–Trinajstić information content (AvgIpc) is 2.39. The van der Waals surface area contributed by atoms with Gasteiger partial charge in [0, 0.05) is 24.9 Å². The minimum Gasteiger partial charge on any atom is -0.389 e. The smallest absolute Gasteiger partial charge is 0.331 e. The van der Waals surface area contributed by atoms with E-state index >= 15 is 0 Å². The zero-order chi connectivity index (χ0) is 14.0. The number of thiocarbonyl (C=S) groups is 1. The Hall–Kier alpha value is -2.21. The number of benzene rings is 1. The van der Waals surface area contributed by atoms with Crippen molar-refractivity contribution >= 4 is 17.2 Å². The van der Waals surface area contributed by atoms with Crippen LogP contribution in [0.25, 0.3) is 0 Å². The molecule has 0 atom stereocenters. The molecule has 19 heavy (non-hydrogen) atoms. The first-order chi connectivity index (χ1) is 9.00. The lowest BCUT2D eigenvalue weighted by Gasteiger charge is -2.10. The zero-order valence-corrected chi connectivity index (χ0v) is 11.2. The summed E-state index contributed by atoms with van der Waals surface area (Å²) in [4.78, 5) is 23.9. The summed E-state index contributed by atoms with van der Waals surface area (Å²) in [5, 5.41) is 0. The van der Waals surface area contributed by atoms with E-state index in [0.29, 0.717) is 5.56 Å². The third-order valence-electron chi connectivity index (χ3n) is 2.85. The van der Waals surface area contributed by atoms with Crippen LogP contribution in [-0.2, 0) is 13.6 Å². The van der Waals surface area contributed by atoms with Crippen molar-refractivity contribution in [3.05, 3.63) is 68.5 Å². The van der Waals surface area contributed by atoms with Gasteiger partial charge in [-0.15, -0.1) is 0 Å². The molecule has 2 aromatic rings. The molecule has 0 unspecified atom stereocenters. The van der Waals surface area contributed by atoms with Gasteiger partial charge in [-0.1, -0.05) is 36.5 Å². The van der Waals surface area contributed by atoms with Crippen molar-refractivity contribution in [2.45, 2.75) is 6.54 Å². The van der Waals surface area contributed by atoms with Crippen LogP contribution in [0.3, 0.4) is 0 Å². The van der Waals surface area contributed by atoms with Crippen LogP contribution < -0.4 is 17.0 Å². The minimum absolute atomic E-state index is 0.153. The van der Waals surface area contributed by atoms with Gasteiger partial charge in [0.05, 0.1) is 6.54 Å². The largest absolute Gasteiger partial charge is 0.389 e. The molecule has 0 saturated carbocycles. The summed E-state index contributed by atoms with van der Waals surface area (Å²) in [6.07, 6.45) is 1.45. The van der Waals surface area contributed by atoms with Crippen molar-refractivity contribution in [3.8, 4) is 0 Å². The molecule has 1 heterocycles. The predicted molar refractivity (Wildman–Crippen MR) is 77.4 cm³/mol. The van der Waals surface area contributed by atoms with Crippen LogP contribution >= 0.6 is 12.2 Å². The molecule has 0 saturated heterocycles. The average molecular weight is 275 g/mol. The van der Waals surface area contributed by atoms with Crippen LogP contribution in [0, 0.1) is 0 Å². The van der Waals surface area contributed by atoms with Crippen LogP contribution in [0.4, 0.5) is 0 Å². The van der Waals surface area contributed by atoms with Crippen molar-refractivity contribution in [2.75, 3.05) is 0 Å². The second kappa shape index (κ2) is 5.19. The summed E-state index contributed by atoms with van der Waals surface area (Å²) in [5.74, 6) is 0. The fourth-order valence-corrected chi connectivity index (χ4v) is 2.03. The number of hydrogen-bond donors (Lipinski definition) is 1. The van der Waals surface area contributed by atoms with E-state index in [1.165, 1.54) is 16.8 Å². The first-order valence-electron chi connectivity index (χ1n) is 5.65. The summed E-state index contributed by atoms with van der Waals surface area (Å²) in [6.45, 7) is 0.153. The first kappa shape index (κ1) is 13.2. The van der Waals surface area contributed by atoms with E-state index in [9.17, 15) is 9.59 Å². The van der Waals surface area contributed by atoms with Gasteiger partial charge in [-0.05, 0) is 5.56 Å². The molecule has 0 spiro atoms. The van der Waals surface area contributed by atoms with E-state index < -0.39 is 0 Å². The Labute approximate surface area is 114 Å². The van der Waals surface area contributed by atoms with Gasteiger partial charge in [-0.2, -0.15) is 0 Å². The Balaban J connectivity index is 2.54. The molecular weight excluding hydrogens is 262 g/mol. The zero-order valence-electron chi connectivity index (χ0n) is 10.4. The maximum atomic E-state index is 11.9. The summed E-state index contributed by atoms with van der Waals surface area (Å²) in [6, 6.07) is 8.55. The molecular formula is C13H13N3O2S. The Kier molecular flexibility index (Phi) is 3.62. The van der Waals surface area contributed by atoms with Crippen LogP contribution in [0.1, 0.15) is 11.1 Å². The van der Waals surface area contributed by atoms with Gasteiger partial charge in [0.1, 0.15) is 4.99 Å². The highest BCUT2D eigenvalue weighted by Gasteiger charge is 2.08. The molecule has 0 aliphatic rings. The van der Waals surface area contributed by atoms with Crippen molar-refractivity contribution in [3.63, 3.8) is 0 Å². The predicted octanol–water partition coefficient (Wildman–Crippen LogP) is 0.230. The lowest BCUT2D eigenvalue weighted by atomic mass is 10.1. The minimum atomic E-state index is -0.370. The van der Waals surface area contributed by atoms with Crippen molar-refractivity contribution in [1.82, 2.24) is 9.13 Å². The number of rotatable bonds is 3. The molecule has 6 heteroatoms. The molecule has 98 valence electrons. The van der Waals surface area contributed by atoms with Crippen LogP contribution in [0.15, 0.2) is 46.1 Å². The number of hydrogen-bond acceptors (Lipinski definition) is 3. The maximum absolute atomic E-state index is 11.9. The second-order valence-electron chi connectivity index (χ2n) is 4.15. The lowest BCUT2D eigenvalue weighted by molar-refractivity contribution is 0.639. The molecule has 0 radical (unpaired) electrons. The van der Waals surface area contributed by atoms with Gasteiger partial charge < -0.3 is 10.3 Å². The van der Waals surface area contributed by atoms with Gasteiger partial charge in [0.15, 0.2) is 0 Å². The Morgan fingerprint density at radius 3 is 2.63 bits per heavy atom. The van der Waals surface area contributed by atoms with Crippen LogP contribution in [0.5, 0.6) is 0 Å². The number of nitrogens with two attached hydrogens (primary N) is 1. The number of aryl methyl sites for hydroxylation is 1. The van der Waals surface area contributed by atoms with Crippen molar-refractivity contribution < 1.29 is 0 Å². The van der Waals surface area contributed by atoms with E-state index in [1.807, 2.05) is 12.1 Å².